The fourth-order valence-electron chi connectivity index (χ4n) is 2.12. The SMILES string of the molecule is Nc1nc2c(F)cccc2n1Cc1ccc(F)c(Cl)c1. The molecule has 2 aromatic carbocycles. The van der Waals surface area contributed by atoms with Crippen molar-refractivity contribution in [2.75, 3.05) is 5.73 Å². The Morgan fingerprint density at radius 1 is 1.15 bits per heavy atom. The van der Waals surface area contributed by atoms with Crippen molar-refractivity contribution in [2.45, 2.75) is 6.54 Å². The molecule has 1 aromatic heterocycles. The lowest BCUT2D eigenvalue weighted by Gasteiger charge is -2.07. The summed E-state index contributed by atoms with van der Waals surface area (Å²) in [5.74, 6) is -0.708. The number of hydrogen-bond acceptors (Lipinski definition) is 2. The molecule has 0 radical (unpaired) electrons. The number of nitrogens with zero attached hydrogens (tertiary/aromatic N) is 2. The van der Waals surface area contributed by atoms with Gasteiger partial charge in [0.15, 0.2) is 5.82 Å². The second-order valence-electron chi connectivity index (χ2n) is 4.41. The van der Waals surface area contributed by atoms with Crippen molar-refractivity contribution in [2.24, 2.45) is 0 Å². The first-order valence-electron chi connectivity index (χ1n) is 5.90. The molecular weight excluding hydrogens is 284 g/mol. The molecule has 3 nitrogen and oxygen atoms in total. The van der Waals surface area contributed by atoms with Crippen LogP contribution in [-0.2, 0) is 6.54 Å². The van der Waals surface area contributed by atoms with Gasteiger partial charge in [-0.2, -0.15) is 0 Å². The Balaban J connectivity index is 2.08. The number of benzene rings is 2. The highest BCUT2D eigenvalue weighted by molar-refractivity contribution is 6.30. The molecule has 0 unspecified atom stereocenters. The summed E-state index contributed by atoms with van der Waals surface area (Å²) >= 11 is 5.75. The maximum Gasteiger partial charge on any atom is 0.201 e. The van der Waals surface area contributed by atoms with Crippen molar-refractivity contribution in [1.29, 1.82) is 0 Å². The molecule has 1 heterocycles. The molecule has 2 N–H and O–H groups in total. The maximum absolute atomic E-state index is 13.6. The van der Waals surface area contributed by atoms with Gasteiger partial charge in [-0.1, -0.05) is 23.7 Å². The first kappa shape index (κ1) is 12.9. The van der Waals surface area contributed by atoms with Crippen LogP contribution >= 0.6 is 11.6 Å². The fourth-order valence-corrected chi connectivity index (χ4v) is 2.32. The number of anilines is 1. The van der Waals surface area contributed by atoms with Crippen molar-refractivity contribution in [3.63, 3.8) is 0 Å². The van der Waals surface area contributed by atoms with Crippen molar-refractivity contribution in [3.05, 3.63) is 58.6 Å². The summed E-state index contributed by atoms with van der Waals surface area (Å²) in [5.41, 5.74) is 7.38. The zero-order chi connectivity index (χ0) is 14.3. The molecule has 0 aliphatic heterocycles. The predicted octanol–water partition coefficient (Wildman–Crippen LogP) is 3.60. The Morgan fingerprint density at radius 2 is 1.95 bits per heavy atom. The van der Waals surface area contributed by atoms with E-state index in [9.17, 15) is 8.78 Å². The topological polar surface area (TPSA) is 43.8 Å². The van der Waals surface area contributed by atoms with Crippen LogP contribution in [0.5, 0.6) is 0 Å². The van der Waals surface area contributed by atoms with Gasteiger partial charge in [0, 0.05) is 0 Å². The van der Waals surface area contributed by atoms with Crippen molar-refractivity contribution < 1.29 is 8.78 Å². The van der Waals surface area contributed by atoms with Gasteiger partial charge in [-0.25, -0.2) is 13.8 Å². The van der Waals surface area contributed by atoms with Crippen LogP contribution in [0.25, 0.3) is 11.0 Å². The lowest BCUT2D eigenvalue weighted by Crippen LogP contribution is -2.04. The molecule has 0 bridgehead atoms. The molecule has 20 heavy (non-hydrogen) atoms. The predicted molar refractivity (Wildman–Crippen MR) is 74.6 cm³/mol. The number of hydrogen-bond donors (Lipinski definition) is 1. The summed E-state index contributed by atoms with van der Waals surface area (Å²) in [6.07, 6.45) is 0. The van der Waals surface area contributed by atoms with Gasteiger partial charge in [0.25, 0.3) is 0 Å². The number of rotatable bonds is 2. The molecule has 0 amide bonds. The van der Waals surface area contributed by atoms with Crippen LogP contribution in [0, 0.1) is 11.6 Å². The molecule has 0 spiro atoms. The molecule has 6 heteroatoms. The monoisotopic (exact) mass is 293 g/mol. The van der Waals surface area contributed by atoms with Crippen molar-refractivity contribution in [3.8, 4) is 0 Å². The molecule has 102 valence electrons. The van der Waals surface area contributed by atoms with Crippen LogP contribution in [0.1, 0.15) is 5.56 Å². The van der Waals surface area contributed by atoms with E-state index in [1.54, 1.807) is 22.8 Å². The standard InChI is InChI=1S/C14H10ClF2N3/c15-9-6-8(4-5-10(9)16)7-20-12-3-1-2-11(17)13(12)19-14(20)18/h1-6H,7H2,(H2,18,19). The molecule has 3 aromatic rings. The molecule has 0 saturated heterocycles. The smallest absolute Gasteiger partial charge is 0.201 e. The van der Waals surface area contributed by atoms with Crippen LogP contribution in [-0.4, -0.2) is 9.55 Å². The Kier molecular flexibility index (Phi) is 3.06. The molecule has 0 atom stereocenters. The fraction of sp³-hybridized carbons (Fsp3) is 0.0714. The molecular formula is C14H10ClF2N3. The van der Waals surface area contributed by atoms with Gasteiger partial charge in [-0.05, 0) is 29.8 Å². The molecule has 0 saturated carbocycles. The first-order valence-corrected chi connectivity index (χ1v) is 6.28. The number of imidazole rings is 1. The van der Waals surface area contributed by atoms with Gasteiger partial charge >= 0.3 is 0 Å². The van der Waals surface area contributed by atoms with E-state index in [1.807, 2.05) is 0 Å². The summed E-state index contributed by atoms with van der Waals surface area (Å²) in [6.45, 7) is 0.339. The largest absolute Gasteiger partial charge is 0.369 e. The van der Waals surface area contributed by atoms with E-state index in [1.165, 1.54) is 18.2 Å². The first-order chi connectivity index (χ1) is 9.56. The summed E-state index contributed by atoms with van der Waals surface area (Å²) in [7, 11) is 0. The highest BCUT2D eigenvalue weighted by Crippen LogP contribution is 2.23. The van der Waals surface area contributed by atoms with E-state index in [0.29, 0.717) is 12.1 Å². The lowest BCUT2D eigenvalue weighted by molar-refractivity contribution is 0.627. The van der Waals surface area contributed by atoms with Crippen LogP contribution in [0.3, 0.4) is 0 Å². The van der Waals surface area contributed by atoms with E-state index in [2.05, 4.69) is 4.98 Å². The summed E-state index contributed by atoms with van der Waals surface area (Å²) < 4.78 is 28.4. The third-order valence-electron chi connectivity index (χ3n) is 3.08. The molecule has 3 rings (SSSR count). The quantitative estimate of drug-likeness (QED) is 0.784. The second-order valence-corrected chi connectivity index (χ2v) is 4.82. The van der Waals surface area contributed by atoms with Gasteiger partial charge < -0.3 is 10.3 Å². The zero-order valence-electron chi connectivity index (χ0n) is 10.3. The maximum atomic E-state index is 13.6. The average Bonchev–Trinajstić information content (AvgIpc) is 2.73. The number of halogens is 3. The van der Waals surface area contributed by atoms with E-state index >= 15 is 0 Å². The molecule has 0 aliphatic rings. The summed E-state index contributed by atoms with van der Waals surface area (Å²) in [4.78, 5) is 4.01. The second kappa shape index (κ2) is 4.76. The van der Waals surface area contributed by atoms with Crippen molar-refractivity contribution >= 4 is 28.6 Å². The minimum Gasteiger partial charge on any atom is -0.369 e. The zero-order valence-corrected chi connectivity index (χ0v) is 11.0. The van der Waals surface area contributed by atoms with E-state index < -0.39 is 11.6 Å². The number of para-hydroxylation sites is 1. The van der Waals surface area contributed by atoms with Crippen LogP contribution < -0.4 is 5.73 Å². The Morgan fingerprint density at radius 3 is 2.70 bits per heavy atom. The minimum absolute atomic E-state index is 0.0386. The van der Waals surface area contributed by atoms with Gasteiger partial charge in [0.1, 0.15) is 11.3 Å². The van der Waals surface area contributed by atoms with E-state index in [0.717, 1.165) is 5.56 Å². The van der Waals surface area contributed by atoms with Crippen LogP contribution in [0.4, 0.5) is 14.7 Å². The number of fused-ring (bicyclic) bond motifs is 1. The van der Waals surface area contributed by atoms with Gasteiger partial charge in [-0.3, -0.25) is 0 Å². The highest BCUT2D eigenvalue weighted by Gasteiger charge is 2.12. The Hall–Kier alpha value is -2.14. The van der Waals surface area contributed by atoms with E-state index in [-0.39, 0.29) is 16.5 Å². The summed E-state index contributed by atoms with van der Waals surface area (Å²) in [6, 6.07) is 9.05. The third-order valence-corrected chi connectivity index (χ3v) is 3.37. The number of nitrogens with two attached hydrogens (primary N) is 1. The number of nitrogen functional groups attached to an aromatic ring is 1. The Bertz CT molecular complexity index is 798. The average molecular weight is 294 g/mol. The summed E-state index contributed by atoms with van der Waals surface area (Å²) in [5, 5.41) is 0.0386. The minimum atomic E-state index is -0.482. The number of aromatic nitrogens is 2. The molecule has 0 fully saturated rings. The van der Waals surface area contributed by atoms with Crippen molar-refractivity contribution in [1.82, 2.24) is 9.55 Å². The normalized spacial score (nSPS) is 11.2. The van der Waals surface area contributed by atoms with Gasteiger partial charge in [0.2, 0.25) is 5.95 Å². The van der Waals surface area contributed by atoms with Crippen LogP contribution in [0.2, 0.25) is 5.02 Å². The van der Waals surface area contributed by atoms with Crippen LogP contribution in [0.15, 0.2) is 36.4 Å². The van der Waals surface area contributed by atoms with Gasteiger partial charge in [0.05, 0.1) is 17.1 Å². The lowest BCUT2D eigenvalue weighted by atomic mass is 10.2. The third kappa shape index (κ3) is 2.10. The molecule has 0 aliphatic carbocycles. The van der Waals surface area contributed by atoms with Gasteiger partial charge in [-0.15, -0.1) is 0 Å². The highest BCUT2D eigenvalue weighted by atomic mass is 35.5. The Labute approximate surface area is 118 Å². The van der Waals surface area contributed by atoms with E-state index in [4.69, 9.17) is 17.3 Å².